The highest BCUT2D eigenvalue weighted by atomic mass is 16.2. The summed E-state index contributed by atoms with van der Waals surface area (Å²) in [5, 5.41) is 8.08. The number of aromatic nitrogens is 3. The van der Waals surface area contributed by atoms with E-state index in [1.54, 1.807) is 27.7 Å². The molecule has 172 valence electrons. The van der Waals surface area contributed by atoms with Crippen molar-refractivity contribution in [3.05, 3.63) is 41.7 Å². The third-order valence-electron chi connectivity index (χ3n) is 6.42. The summed E-state index contributed by atoms with van der Waals surface area (Å²) in [7, 11) is 1.80. The van der Waals surface area contributed by atoms with Crippen molar-refractivity contribution in [3.8, 4) is 0 Å². The van der Waals surface area contributed by atoms with E-state index in [1.807, 2.05) is 0 Å². The molecule has 0 bridgehead atoms. The topological polar surface area (TPSA) is 74.6 Å². The Morgan fingerprint density at radius 1 is 1.16 bits per heavy atom. The minimum absolute atomic E-state index is 0.0515. The predicted molar refractivity (Wildman–Crippen MR) is 123 cm³/mol. The van der Waals surface area contributed by atoms with Crippen LogP contribution in [0.3, 0.4) is 0 Å². The van der Waals surface area contributed by atoms with Gasteiger partial charge >= 0.3 is 0 Å². The number of amides is 2. The number of hydrogen-bond donors (Lipinski definition) is 0. The maximum atomic E-state index is 13.1. The molecule has 0 radical (unpaired) electrons. The van der Waals surface area contributed by atoms with E-state index in [0.717, 1.165) is 24.3 Å². The van der Waals surface area contributed by atoms with Gasteiger partial charge in [-0.1, -0.05) is 31.2 Å². The summed E-state index contributed by atoms with van der Waals surface area (Å²) >= 11 is 0. The van der Waals surface area contributed by atoms with Crippen LogP contribution in [0.5, 0.6) is 0 Å². The number of rotatable bonds is 7. The Balaban J connectivity index is 1.36. The number of hydrogen-bond acceptors (Lipinski definition) is 5. The molecular weight excluding hydrogens is 404 g/mol. The first-order valence-electron chi connectivity index (χ1n) is 11.7. The molecular formula is C24H34N6O2. The molecule has 0 unspecified atom stereocenters. The minimum atomic E-state index is -0.387. The molecule has 1 saturated heterocycles. The van der Waals surface area contributed by atoms with E-state index >= 15 is 0 Å². The Hall–Kier alpha value is -2.90. The van der Waals surface area contributed by atoms with Crippen LogP contribution in [0.1, 0.15) is 56.8 Å². The van der Waals surface area contributed by atoms with Crippen molar-refractivity contribution in [3.63, 3.8) is 0 Å². The Morgan fingerprint density at radius 3 is 2.56 bits per heavy atom. The van der Waals surface area contributed by atoms with Gasteiger partial charge in [-0.05, 0) is 49.3 Å². The lowest BCUT2D eigenvalue weighted by Crippen LogP contribution is -2.47. The summed E-state index contributed by atoms with van der Waals surface area (Å²) in [5.74, 6) is 0.222. The Bertz CT molecular complexity index is 932. The lowest BCUT2D eigenvalue weighted by molar-refractivity contribution is -0.145. The van der Waals surface area contributed by atoms with Crippen molar-refractivity contribution >= 4 is 17.5 Å². The molecule has 2 amide bonds. The van der Waals surface area contributed by atoms with Crippen LogP contribution in [0.15, 0.2) is 30.5 Å². The Labute approximate surface area is 190 Å². The van der Waals surface area contributed by atoms with Crippen molar-refractivity contribution in [2.24, 2.45) is 5.92 Å². The maximum absolute atomic E-state index is 13.1. The maximum Gasteiger partial charge on any atom is 0.248 e. The van der Waals surface area contributed by atoms with E-state index in [2.05, 4.69) is 53.3 Å². The molecule has 1 aromatic heterocycles. The van der Waals surface area contributed by atoms with Crippen LogP contribution in [-0.4, -0.2) is 63.3 Å². The highest BCUT2D eigenvalue weighted by Gasteiger charge is 2.35. The third-order valence-corrected chi connectivity index (χ3v) is 6.42. The summed E-state index contributed by atoms with van der Waals surface area (Å²) < 4.78 is 1.72. The van der Waals surface area contributed by atoms with Gasteiger partial charge in [0, 0.05) is 32.4 Å². The second-order valence-electron chi connectivity index (χ2n) is 9.47. The number of nitrogens with zero attached hydrogens (tertiary/aromatic N) is 6. The van der Waals surface area contributed by atoms with E-state index < -0.39 is 0 Å². The summed E-state index contributed by atoms with van der Waals surface area (Å²) in [6, 6.07) is 8.11. The van der Waals surface area contributed by atoms with Gasteiger partial charge in [0.05, 0.1) is 18.4 Å². The minimum Gasteiger partial charge on any atom is -0.372 e. The van der Waals surface area contributed by atoms with Crippen LogP contribution in [0.4, 0.5) is 5.69 Å². The number of fused-ring (bicyclic) bond motifs is 1. The number of carbonyl (C=O) groups excluding carboxylic acids is 2. The van der Waals surface area contributed by atoms with Crippen LogP contribution in [0, 0.1) is 5.92 Å². The second kappa shape index (κ2) is 9.71. The summed E-state index contributed by atoms with van der Waals surface area (Å²) in [6.07, 6.45) is 6.19. The summed E-state index contributed by atoms with van der Waals surface area (Å²) in [4.78, 5) is 31.8. The second-order valence-corrected chi connectivity index (χ2v) is 9.47. The van der Waals surface area contributed by atoms with Gasteiger partial charge < -0.3 is 14.7 Å². The van der Waals surface area contributed by atoms with E-state index in [0.29, 0.717) is 25.4 Å². The molecule has 3 heterocycles. The summed E-state index contributed by atoms with van der Waals surface area (Å²) in [6.45, 7) is 7.36. The molecule has 2 aromatic rings. The average molecular weight is 439 g/mol. The van der Waals surface area contributed by atoms with Crippen LogP contribution in [0.2, 0.25) is 0 Å². The average Bonchev–Trinajstić information content (AvgIpc) is 3.25. The molecule has 1 aromatic carbocycles. The number of benzene rings is 1. The van der Waals surface area contributed by atoms with E-state index in [-0.39, 0.29) is 24.4 Å². The number of likely N-dealkylation sites (N-methyl/N-ethyl adjacent to an activating group) is 1. The fourth-order valence-electron chi connectivity index (χ4n) is 4.62. The zero-order chi connectivity index (χ0) is 22.7. The lowest BCUT2D eigenvalue weighted by Gasteiger charge is -2.34. The molecule has 32 heavy (non-hydrogen) atoms. The Morgan fingerprint density at radius 2 is 1.88 bits per heavy atom. The molecule has 8 nitrogen and oxygen atoms in total. The van der Waals surface area contributed by atoms with Gasteiger partial charge in [0.25, 0.3) is 0 Å². The van der Waals surface area contributed by atoms with Crippen LogP contribution in [-0.2, 0) is 22.7 Å². The van der Waals surface area contributed by atoms with Crippen molar-refractivity contribution in [1.29, 1.82) is 0 Å². The van der Waals surface area contributed by atoms with Crippen molar-refractivity contribution in [2.45, 2.75) is 58.7 Å². The molecule has 0 spiro atoms. The lowest BCUT2D eigenvalue weighted by atomic mass is 10.0. The van der Waals surface area contributed by atoms with Gasteiger partial charge in [-0.25, -0.2) is 4.68 Å². The molecule has 0 N–H and O–H groups in total. The highest BCUT2D eigenvalue weighted by molar-refractivity contribution is 5.87. The van der Waals surface area contributed by atoms with Crippen molar-refractivity contribution in [1.82, 2.24) is 24.8 Å². The van der Waals surface area contributed by atoms with Gasteiger partial charge in [-0.3, -0.25) is 9.59 Å². The fourth-order valence-corrected chi connectivity index (χ4v) is 4.62. The molecule has 4 rings (SSSR count). The highest BCUT2D eigenvalue weighted by Crippen LogP contribution is 2.26. The third kappa shape index (κ3) is 4.95. The van der Waals surface area contributed by atoms with Gasteiger partial charge in [-0.2, -0.15) is 0 Å². The number of carbonyl (C=O) groups is 2. The molecule has 0 aliphatic carbocycles. The largest absolute Gasteiger partial charge is 0.372 e. The van der Waals surface area contributed by atoms with E-state index in [1.165, 1.54) is 24.9 Å². The molecule has 0 saturated carbocycles. The Kier molecular flexibility index (Phi) is 6.77. The van der Waals surface area contributed by atoms with E-state index in [4.69, 9.17) is 0 Å². The fraction of sp³-hybridized carbons (Fsp3) is 0.583. The zero-order valence-electron chi connectivity index (χ0n) is 19.4. The molecule has 1 fully saturated rings. The van der Waals surface area contributed by atoms with E-state index in [9.17, 15) is 9.59 Å². The zero-order valence-corrected chi connectivity index (χ0v) is 19.4. The predicted octanol–water partition coefficient (Wildman–Crippen LogP) is 2.86. The van der Waals surface area contributed by atoms with Crippen molar-refractivity contribution in [2.75, 3.05) is 31.6 Å². The quantitative estimate of drug-likeness (QED) is 0.665. The normalized spacial score (nSPS) is 18.8. The first kappa shape index (κ1) is 22.3. The van der Waals surface area contributed by atoms with Crippen LogP contribution < -0.4 is 4.90 Å². The van der Waals surface area contributed by atoms with Crippen LogP contribution in [0.25, 0.3) is 0 Å². The van der Waals surface area contributed by atoms with Gasteiger partial charge in [-0.15, -0.1) is 5.10 Å². The van der Waals surface area contributed by atoms with Gasteiger partial charge in [0.1, 0.15) is 12.6 Å². The molecule has 2 aliphatic rings. The number of piperidine rings is 1. The molecule has 8 heteroatoms. The summed E-state index contributed by atoms with van der Waals surface area (Å²) in [5.41, 5.74) is 3.22. The first-order valence-corrected chi connectivity index (χ1v) is 11.7. The van der Waals surface area contributed by atoms with Crippen molar-refractivity contribution < 1.29 is 9.59 Å². The van der Waals surface area contributed by atoms with Gasteiger partial charge in [0.15, 0.2) is 0 Å². The molecule has 2 aliphatic heterocycles. The molecule has 1 atom stereocenters. The number of anilines is 1. The monoisotopic (exact) mass is 438 g/mol. The smallest absolute Gasteiger partial charge is 0.248 e. The van der Waals surface area contributed by atoms with Crippen LogP contribution >= 0.6 is 0 Å². The standard InChI is InChI=1S/C24H34N6O2/c1-18(2)13-22-24(32)29(16-21-14-25-26-30(21)22)17-23(31)27(3)15-19-7-9-20(10-8-19)28-11-5-4-6-12-28/h7-10,14,18,22H,4-6,11-13,15-17H2,1-3H3/t22-/m0/s1. The van der Waals surface area contributed by atoms with Gasteiger partial charge in [0.2, 0.25) is 11.8 Å². The first-order chi connectivity index (χ1) is 15.4. The SMILES string of the molecule is CC(C)C[C@H]1C(=O)N(CC(=O)N(C)Cc2ccc(N3CCCCC3)cc2)Cc2cnnn21.